The predicted octanol–water partition coefficient (Wildman–Crippen LogP) is 3.46. The first-order valence-corrected chi connectivity index (χ1v) is 7.28. The van der Waals surface area contributed by atoms with Crippen LogP contribution in [0.15, 0.2) is 36.4 Å². The van der Waals surface area contributed by atoms with Crippen LogP contribution < -0.4 is 0 Å². The summed E-state index contributed by atoms with van der Waals surface area (Å²) >= 11 is 0. The van der Waals surface area contributed by atoms with Crippen molar-refractivity contribution < 1.29 is 27.1 Å². The first-order chi connectivity index (χ1) is 11.5. The Hall–Kier alpha value is -2.41. The zero-order chi connectivity index (χ0) is 17.3. The molecule has 24 heavy (non-hydrogen) atoms. The fourth-order valence-electron chi connectivity index (χ4n) is 2.62. The molecule has 1 amide bonds. The van der Waals surface area contributed by atoms with Crippen molar-refractivity contribution in [2.45, 2.75) is 6.10 Å². The number of benzene rings is 2. The van der Waals surface area contributed by atoms with Crippen molar-refractivity contribution in [2.24, 2.45) is 0 Å². The second-order valence-corrected chi connectivity index (χ2v) is 5.36. The highest BCUT2D eigenvalue weighted by Gasteiger charge is 2.32. The molecule has 7 heteroatoms. The molecule has 0 aliphatic carbocycles. The van der Waals surface area contributed by atoms with E-state index in [1.165, 1.54) is 0 Å². The van der Waals surface area contributed by atoms with Crippen LogP contribution in [0.2, 0.25) is 0 Å². The number of hydrogen-bond donors (Lipinski definition) is 0. The Morgan fingerprint density at radius 2 is 1.67 bits per heavy atom. The maximum atomic E-state index is 13.8. The zero-order valence-electron chi connectivity index (χ0n) is 12.4. The van der Waals surface area contributed by atoms with Gasteiger partial charge < -0.3 is 9.64 Å². The topological polar surface area (TPSA) is 29.5 Å². The average Bonchev–Trinajstić information content (AvgIpc) is 2.61. The van der Waals surface area contributed by atoms with Gasteiger partial charge in [0, 0.05) is 12.6 Å². The molecule has 1 aliphatic heterocycles. The Morgan fingerprint density at radius 3 is 2.29 bits per heavy atom. The van der Waals surface area contributed by atoms with Gasteiger partial charge in [0.1, 0.15) is 11.7 Å². The summed E-state index contributed by atoms with van der Waals surface area (Å²) < 4.78 is 59.8. The van der Waals surface area contributed by atoms with E-state index in [1.807, 2.05) is 6.07 Å². The van der Waals surface area contributed by atoms with Gasteiger partial charge >= 0.3 is 0 Å². The van der Waals surface area contributed by atoms with Crippen LogP contribution in [0.25, 0.3) is 0 Å². The lowest BCUT2D eigenvalue weighted by molar-refractivity contribution is -0.0231. The van der Waals surface area contributed by atoms with Gasteiger partial charge in [-0.15, -0.1) is 0 Å². The molecule has 0 N–H and O–H groups in total. The summed E-state index contributed by atoms with van der Waals surface area (Å²) in [5.74, 6) is -7.70. The van der Waals surface area contributed by atoms with Gasteiger partial charge in [0.25, 0.3) is 5.91 Å². The maximum absolute atomic E-state index is 13.8. The second-order valence-electron chi connectivity index (χ2n) is 5.36. The third-order valence-corrected chi connectivity index (χ3v) is 3.85. The van der Waals surface area contributed by atoms with E-state index in [9.17, 15) is 22.4 Å². The van der Waals surface area contributed by atoms with Gasteiger partial charge in [-0.1, -0.05) is 30.3 Å². The maximum Gasteiger partial charge on any atom is 0.260 e. The molecular weight excluding hydrogens is 326 g/mol. The zero-order valence-corrected chi connectivity index (χ0v) is 12.4. The minimum Gasteiger partial charge on any atom is -0.370 e. The lowest BCUT2D eigenvalue weighted by Gasteiger charge is -2.33. The molecular formula is C17H13F4NO2. The molecule has 2 aromatic carbocycles. The van der Waals surface area contributed by atoms with E-state index in [1.54, 1.807) is 24.3 Å². The Bertz CT molecular complexity index is 741. The third kappa shape index (κ3) is 2.99. The summed E-state index contributed by atoms with van der Waals surface area (Å²) in [5.41, 5.74) is -0.428. The van der Waals surface area contributed by atoms with Crippen LogP contribution >= 0.6 is 0 Å². The number of hydrogen-bond acceptors (Lipinski definition) is 2. The Balaban J connectivity index is 1.88. The minimum atomic E-state index is -1.69. The van der Waals surface area contributed by atoms with Gasteiger partial charge in [-0.05, 0) is 5.56 Å². The normalized spacial score (nSPS) is 17.8. The molecule has 3 nitrogen and oxygen atoms in total. The molecule has 3 rings (SSSR count). The molecule has 0 spiro atoms. The van der Waals surface area contributed by atoms with Gasteiger partial charge in [0.05, 0.1) is 13.2 Å². The quantitative estimate of drug-likeness (QED) is 0.619. The third-order valence-electron chi connectivity index (χ3n) is 3.85. The molecule has 0 radical (unpaired) electrons. The lowest BCUT2D eigenvalue weighted by Crippen LogP contribution is -2.43. The van der Waals surface area contributed by atoms with E-state index < -0.39 is 40.8 Å². The van der Waals surface area contributed by atoms with E-state index >= 15 is 0 Å². The Morgan fingerprint density at radius 1 is 1.04 bits per heavy atom. The number of morpholine rings is 1. The molecule has 1 saturated heterocycles. The Labute approximate surface area is 135 Å². The van der Waals surface area contributed by atoms with Crippen LogP contribution in [0, 0.1) is 23.3 Å². The van der Waals surface area contributed by atoms with Crippen molar-refractivity contribution in [3.8, 4) is 0 Å². The highest BCUT2D eigenvalue weighted by Crippen LogP contribution is 2.26. The van der Waals surface area contributed by atoms with E-state index in [4.69, 9.17) is 4.74 Å². The number of amides is 1. The highest BCUT2D eigenvalue weighted by molar-refractivity contribution is 5.95. The summed E-state index contributed by atoms with van der Waals surface area (Å²) in [6.45, 7) is 0.241. The van der Waals surface area contributed by atoms with Crippen LogP contribution in [0.3, 0.4) is 0 Å². The SMILES string of the molecule is O=C(c1c(F)c(F)cc(F)c1F)N1CCOC(c2ccccc2)C1. The van der Waals surface area contributed by atoms with Gasteiger partial charge in [0.2, 0.25) is 0 Å². The molecule has 126 valence electrons. The van der Waals surface area contributed by atoms with Crippen LogP contribution in [-0.2, 0) is 4.74 Å². The van der Waals surface area contributed by atoms with Gasteiger partial charge in [0.15, 0.2) is 23.3 Å². The molecule has 0 bridgehead atoms. The number of halogens is 4. The molecule has 1 atom stereocenters. The molecule has 1 aliphatic rings. The van der Waals surface area contributed by atoms with Gasteiger partial charge in [-0.2, -0.15) is 0 Å². The lowest BCUT2D eigenvalue weighted by atomic mass is 10.1. The molecule has 0 aromatic heterocycles. The number of carbonyl (C=O) groups excluding carboxylic acids is 1. The van der Waals surface area contributed by atoms with Crippen molar-refractivity contribution in [3.05, 3.63) is 70.8 Å². The summed E-state index contributed by atoms with van der Waals surface area (Å²) in [4.78, 5) is 13.5. The average molecular weight is 339 g/mol. The second kappa shape index (κ2) is 6.60. The number of ether oxygens (including phenoxy) is 1. The molecule has 2 aromatic rings. The van der Waals surface area contributed by atoms with Gasteiger partial charge in [-0.25, -0.2) is 17.6 Å². The van der Waals surface area contributed by atoms with E-state index in [0.29, 0.717) is 0 Å². The number of nitrogens with zero attached hydrogens (tertiary/aromatic N) is 1. The summed E-state index contributed by atoms with van der Waals surface area (Å²) in [6.07, 6.45) is -0.478. The van der Waals surface area contributed by atoms with Gasteiger partial charge in [-0.3, -0.25) is 4.79 Å². The smallest absolute Gasteiger partial charge is 0.260 e. The predicted molar refractivity (Wildman–Crippen MR) is 77.3 cm³/mol. The first kappa shape index (κ1) is 16.4. The van der Waals surface area contributed by atoms with Crippen molar-refractivity contribution >= 4 is 5.91 Å². The van der Waals surface area contributed by atoms with Crippen molar-refractivity contribution in [1.82, 2.24) is 4.90 Å². The molecule has 1 heterocycles. The Kier molecular flexibility index (Phi) is 4.53. The molecule has 1 unspecified atom stereocenters. The van der Waals surface area contributed by atoms with E-state index in [0.717, 1.165) is 10.5 Å². The van der Waals surface area contributed by atoms with Crippen molar-refractivity contribution in [2.75, 3.05) is 19.7 Å². The molecule has 0 saturated carbocycles. The van der Waals surface area contributed by atoms with E-state index in [-0.39, 0.29) is 25.8 Å². The summed E-state index contributed by atoms with van der Waals surface area (Å²) in [6, 6.07) is 9.06. The monoisotopic (exact) mass is 339 g/mol. The first-order valence-electron chi connectivity index (χ1n) is 7.28. The summed E-state index contributed by atoms with van der Waals surface area (Å²) in [7, 11) is 0. The number of carbonyl (C=O) groups is 1. The van der Waals surface area contributed by atoms with Crippen LogP contribution in [0.4, 0.5) is 17.6 Å². The fourth-order valence-corrected chi connectivity index (χ4v) is 2.62. The molecule has 1 fully saturated rings. The van der Waals surface area contributed by atoms with Crippen molar-refractivity contribution in [3.63, 3.8) is 0 Å². The summed E-state index contributed by atoms with van der Waals surface area (Å²) in [5, 5.41) is 0. The highest BCUT2D eigenvalue weighted by atomic mass is 19.2. The van der Waals surface area contributed by atoms with Crippen LogP contribution in [0.5, 0.6) is 0 Å². The standard InChI is InChI=1S/C17H13F4NO2/c18-11-8-12(19)16(21)14(15(11)20)17(23)22-6-7-24-13(9-22)10-4-2-1-3-5-10/h1-5,8,13H,6-7,9H2. The van der Waals surface area contributed by atoms with Crippen LogP contribution in [0.1, 0.15) is 22.0 Å². The van der Waals surface area contributed by atoms with Crippen molar-refractivity contribution in [1.29, 1.82) is 0 Å². The number of rotatable bonds is 2. The minimum absolute atomic E-state index is 0.0276. The van der Waals surface area contributed by atoms with E-state index in [2.05, 4.69) is 0 Å². The largest absolute Gasteiger partial charge is 0.370 e. The fraction of sp³-hybridized carbons (Fsp3) is 0.235. The van der Waals surface area contributed by atoms with Crippen LogP contribution in [-0.4, -0.2) is 30.5 Å².